The molecule has 2 aliphatic heterocycles. The third-order valence-corrected chi connectivity index (χ3v) is 4.05. The van der Waals surface area contributed by atoms with Crippen LogP contribution in [0.15, 0.2) is 24.3 Å². The summed E-state index contributed by atoms with van der Waals surface area (Å²) in [7, 11) is 0. The SMILES string of the molecule is OC1CC2CCC(C1)N2c1cccc(Cl)c1. The molecule has 0 saturated carbocycles. The summed E-state index contributed by atoms with van der Waals surface area (Å²) in [6.45, 7) is 0. The third-order valence-electron chi connectivity index (χ3n) is 3.81. The third kappa shape index (κ3) is 1.70. The molecule has 3 rings (SSSR count). The van der Waals surface area contributed by atoms with E-state index in [-0.39, 0.29) is 6.10 Å². The number of halogens is 1. The van der Waals surface area contributed by atoms with Gasteiger partial charge in [-0.15, -0.1) is 0 Å². The lowest BCUT2D eigenvalue weighted by atomic mass is 9.99. The van der Waals surface area contributed by atoms with Gasteiger partial charge in [-0.3, -0.25) is 0 Å². The van der Waals surface area contributed by atoms with E-state index in [1.54, 1.807) is 0 Å². The molecular weight excluding hydrogens is 222 g/mol. The first-order valence-corrected chi connectivity index (χ1v) is 6.34. The molecule has 2 saturated heterocycles. The number of fused-ring (bicyclic) bond motifs is 2. The van der Waals surface area contributed by atoms with Crippen molar-refractivity contribution >= 4 is 17.3 Å². The minimum Gasteiger partial charge on any atom is -0.393 e. The predicted octanol–water partition coefficient (Wildman–Crippen LogP) is 2.83. The smallest absolute Gasteiger partial charge is 0.0579 e. The van der Waals surface area contributed by atoms with Gasteiger partial charge in [-0.1, -0.05) is 17.7 Å². The van der Waals surface area contributed by atoms with E-state index in [1.165, 1.54) is 18.5 Å². The van der Waals surface area contributed by atoms with E-state index in [2.05, 4.69) is 11.0 Å². The van der Waals surface area contributed by atoms with E-state index < -0.39 is 0 Å². The molecule has 1 aromatic carbocycles. The first-order valence-electron chi connectivity index (χ1n) is 5.96. The molecule has 86 valence electrons. The average Bonchev–Trinajstić information content (AvgIpc) is 2.51. The zero-order chi connectivity index (χ0) is 11.1. The fraction of sp³-hybridized carbons (Fsp3) is 0.538. The highest BCUT2D eigenvalue weighted by Crippen LogP contribution is 2.39. The Morgan fingerprint density at radius 2 is 1.88 bits per heavy atom. The molecule has 0 spiro atoms. The van der Waals surface area contributed by atoms with E-state index in [1.807, 2.05) is 18.2 Å². The summed E-state index contributed by atoms with van der Waals surface area (Å²) < 4.78 is 0. The molecule has 0 amide bonds. The van der Waals surface area contributed by atoms with Crippen LogP contribution in [0, 0.1) is 0 Å². The maximum Gasteiger partial charge on any atom is 0.0579 e. The molecule has 2 unspecified atom stereocenters. The molecular formula is C13H16ClNO. The number of hydrogen-bond donors (Lipinski definition) is 1. The number of rotatable bonds is 1. The van der Waals surface area contributed by atoms with E-state index in [4.69, 9.17) is 11.6 Å². The Balaban J connectivity index is 1.91. The number of piperidine rings is 1. The van der Waals surface area contributed by atoms with Gasteiger partial charge in [0, 0.05) is 22.8 Å². The van der Waals surface area contributed by atoms with E-state index in [0.29, 0.717) is 12.1 Å². The van der Waals surface area contributed by atoms with Gasteiger partial charge in [0.25, 0.3) is 0 Å². The molecule has 2 fully saturated rings. The van der Waals surface area contributed by atoms with Crippen molar-refractivity contribution in [3.8, 4) is 0 Å². The van der Waals surface area contributed by atoms with Crippen LogP contribution in [0.1, 0.15) is 25.7 Å². The standard InChI is InChI=1S/C13H16ClNO/c14-9-2-1-3-10(6-9)15-11-4-5-12(15)8-13(16)7-11/h1-3,6,11-13,16H,4-5,7-8H2. The summed E-state index contributed by atoms with van der Waals surface area (Å²) in [4.78, 5) is 2.46. The molecule has 0 radical (unpaired) electrons. The Labute approximate surface area is 101 Å². The van der Waals surface area contributed by atoms with Crippen molar-refractivity contribution in [2.75, 3.05) is 4.90 Å². The summed E-state index contributed by atoms with van der Waals surface area (Å²) in [5.74, 6) is 0. The van der Waals surface area contributed by atoms with E-state index in [0.717, 1.165) is 17.9 Å². The minimum absolute atomic E-state index is 0.104. The number of nitrogens with zero attached hydrogens (tertiary/aromatic N) is 1. The largest absolute Gasteiger partial charge is 0.393 e. The summed E-state index contributed by atoms with van der Waals surface area (Å²) in [5, 5.41) is 10.6. The Morgan fingerprint density at radius 3 is 2.50 bits per heavy atom. The number of aliphatic hydroxyl groups excluding tert-OH is 1. The van der Waals surface area contributed by atoms with Crippen LogP contribution in [0.25, 0.3) is 0 Å². The molecule has 1 aromatic rings. The molecule has 2 bridgehead atoms. The summed E-state index contributed by atoms with van der Waals surface area (Å²) in [6.07, 6.45) is 4.11. The van der Waals surface area contributed by atoms with Crippen molar-refractivity contribution in [2.45, 2.75) is 43.9 Å². The zero-order valence-corrected chi connectivity index (χ0v) is 9.90. The predicted molar refractivity (Wildman–Crippen MR) is 66.0 cm³/mol. The summed E-state index contributed by atoms with van der Waals surface area (Å²) in [6, 6.07) is 9.08. The highest BCUT2D eigenvalue weighted by Gasteiger charge is 2.40. The van der Waals surface area contributed by atoms with Gasteiger partial charge < -0.3 is 10.0 Å². The molecule has 0 aliphatic carbocycles. The van der Waals surface area contributed by atoms with Gasteiger partial charge in [0.05, 0.1) is 6.10 Å². The van der Waals surface area contributed by atoms with Gasteiger partial charge in [-0.05, 0) is 43.9 Å². The first kappa shape index (κ1) is 10.4. The molecule has 1 N–H and O–H groups in total. The van der Waals surface area contributed by atoms with Crippen molar-refractivity contribution in [3.05, 3.63) is 29.3 Å². The number of aliphatic hydroxyl groups is 1. The lowest BCUT2D eigenvalue weighted by molar-refractivity contribution is 0.126. The number of hydrogen-bond acceptors (Lipinski definition) is 2. The fourth-order valence-corrected chi connectivity index (χ4v) is 3.39. The summed E-state index contributed by atoms with van der Waals surface area (Å²) >= 11 is 6.03. The Morgan fingerprint density at radius 1 is 1.19 bits per heavy atom. The second-order valence-electron chi connectivity index (χ2n) is 4.90. The van der Waals surface area contributed by atoms with Crippen LogP contribution in [0.4, 0.5) is 5.69 Å². The van der Waals surface area contributed by atoms with Crippen LogP contribution in [-0.4, -0.2) is 23.3 Å². The Hall–Kier alpha value is -0.730. The monoisotopic (exact) mass is 237 g/mol. The van der Waals surface area contributed by atoms with Crippen LogP contribution < -0.4 is 4.90 Å². The maximum absolute atomic E-state index is 9.76. The highest BCUT2D eigenvalue weighted by molar-refractivity contribution is 6.30. The van der Waals surface area contributed by atoms with Crippen molar-refractivity contribution in [2.24, 2.45) is 0 Å². The van der Waals surface area contributed by atoms with Gasteiger partial charge >= 0.3 is 0 Å². The molecule has 2 heterocycles. The average molecular weight is 238 g/mol. The molecule has 16 heavy (non-hydrogen) atoms. The van der Waals surface area contributed by atoms with Gasteiger partial charge in [-0.25, -0.2) is 0 Å². The van der Waals surface area contributed by atoms with E-state index in [9.17, 15) is 5.11 Å². The Bertz CT molecular complexity index is 381. The number of anilines is 1. The lowest BCUT2D eigenvalue weighted by Gasteiger charge is -2.39. The van der Waals surface area contributed by atoms with Crippen molar-refractivity contribution in [1.29, 1.82) is 0 Å². The van der Waals surface area contributed by atoms with E-state index >= 15 is 0 Å². The molecule has 2 aliphatic rings. The minimum atomic E-state index is -0.104. The lowest BCUT2D eigenvalue weighted by Crippen LogP contribution is -2.44. The van der Waals surface area contributed by atoms with Crippen molar-refractivity contribution in [3.63, 3.8) is 0 Å². The van der Waals surface area contributed by atoms with Gasteiger partial charge in [0.1, 0.15) is 0 Å². The highest BCUT2D eigenvalue weighted by atomic mass is 35.5. The molecule has 0 aromatic heterocycles. The van der Waals surface area contributed by atoms with Crippen molar-refractivity contribution < 1.29 is 5.11 Å². The Kier molecular flexibility index (Phi) is 2.56. The van der Waals surface area contributed by atoms with Crippen LogP contribution in [0.2, 0.25) is 5.02 Å². The number of benzene rings is 1. The molecule has 2 nitrogen and oxygen atoms in total. The summed E-state index contributed by atoms with van der Waals surface area (Å²) in [5.41, 5.74) is 1.21. The second kappa shape index (κ2) is 3.94. The normalized spacial score (nSPS) is 33.1. The first-order chi connectivity index (χ1) is 7.74. The molecule has 3 heteroatoms. The van der Waals surface area contributed by atoms with Crippen LogP contribution in [-0.2, 0) is 0 Å². The van der Waals surface area contributed by atoms with Gasteiger partial charge in [-0.2, -0.15) is 0 Å². The van der Waals surface area contributed by atoms with Crippen LogP contribution in [0.3, 0.4) is 0 Å². The topological polar surface area (TPSA) is 23.5 Å². The fourth-order valence-electron chi connectivity index (χ4n) is 3.21. The molecule has 2 atom stereocenters. The van der Waals surface area contributed by atoms with Crippen LogP contribution in [0.5, 0.6) is 0 Å². The quantitative estimate of drug-likeness (QED) is 0.812. The van der Waals surface area contributed by atoms with Gasteiger partial charge in [0.2, 0.25) is 0 Å². The van der Waals surface area contributed by atoms with Gasteiger partial charge in [0.15, 0.2) is 0 Å². The van der Waals surface area contributed by atoms with Crippen molar-refractivity contribution in [1.82, 2.24) is 0 Å². The van der Waals surface area contributed by atoms with Crippen LogP contribution >= 0.6 is 11.6 Å². The zero-order valence-electron chi connectivity index (χ0n) is 9.14. The second-order valence-corrected chi connectivity index (χ2v) is 5.33. The maximum atomic E-state index is 9.76.